The summed E-state index contributed by atoms with van der Waals surface area (Å²) in [4.78, 5) is 30.6. The van der Waals surface area contributed by atoms with Crippen molar-refractivity contribution in [3.63, 3.8) is 0 Å². The van der Waals surface area contributed by atoms with Crippen LogP contribution >= 0.6 is 11.6 Å². The Morgan fingerprint density at radius 1 is 1.38 bits per heavy atom. The van der Waals surface area contributed by atoms with Gasteiger partial charge >= 0.3 is 0 Å². The van der Waals surface area contributed by atoms with Crippen molar-refractivity contribution in [2.24, 2.45) is 0 Å². The number of amides is 2. The minimum Gasteiger partial charge on any atom is -0.343 e. The Kier molecular flexibility index (Phi) is 5.10. The van der Waals surface area contributed by atoms with Gasteiger partial charge in [-0.25, -0.2) is 4.98 Å². The van der Waals surface area contributed by atoms with Gasteiger partial charge in [0, 0.05) is 17.1 Å². The van der Waals surface area contributed by atoms with E-state index in [1.54, 1.807) is 29.2 Å². The first kappa shape index (κ1) is 16.4. The molecule has 2 heterocycles. The molecule has 0 saturated carbocycles. The second kappa shape index (κ2) is 7.44. The van der Waals surface area contributed by atoms with Crippen molar-refractivity contribution in [3.8, 4) is 0 Å². The molecule has 2 aromatic rings. The number of H-pyrrole nitrogens is 1. The number of benzene rings is 1. The molecule has 2 amide bonds. The monoisotopic (exact) mass is 347 g/mol. The molecule has 1 fully saturated rings. The number of carbonyl (C=O) groups is 2. The van der Waals surface area contributed by atoms with E-state index in [4.69, 9.17) is 11.6 Å². The van der Waals surface area contributed by atoms with Crippen molar-refractivity contribution in [3.05, 3.63) is 47.0 Å². The Morgan fingerprint density at radius 2 is 2.25 bits per heavy atom. The molecule has 0 aliphatic carbocycles. The quantitative estimate of drug-likeness (QED) is 0.884. The van der Waals surface area contributed by atoms with E-state index < -0.39 is 0 Å². The third-order valence-corrected chi connectivity index (χ3v) is 4.29. The van der Waals surface area contributed by atoms with E-state index in [9.17, 15) is 9.59 Å². The Hall–Kier alpha value is -2.41. The SMILES string of the molecule is O=C(NCC(=O)N1CCCCC1c1ncn[nH]1)c1cccc(Cl)c1. The fraction of sp³-hybridized carbons (Fsp3) is 0.375. The molecule has 2 N–H and O–H groups in total. The number of piperidine rings is 1. The summed E-state index contributed by atoms with van der Waals surface area (Å²) >= 11 is 5.88. The van der Waals surface area contributed by atoms with Crippen LogP contribution in [0.4, 0.5) is 0 Å². The van der Waals surface area contributed by atoms with E-state index in [2.05, 4.69) is 20.5 Å². The Balaban J connectivity index is 1.62. The van der Waals surface area contributed by atoms with Gasteiger partial charge in [0.15, 0.2) is 0 Å². The lowest BCUT2D eigenvalue weighted by molar-refractivity contribution is -0.134. The van der Waals surface area contributed by atoms with Gasteiger partial charge in [0.1, 0.15) is 12.2 Å². The van der Waals surface area contributed by atoms with Crippen LogP contribution in [0.3, 0.4) is 0 Å². The molecule has 1 aliphatic heterocycles. The maximum Gasteiger partial charge on any atom is 0.251 e. The van der Waals surface area contributed by atoms with E-state index >= 15 is 0 Å². The smallest absolute Gasteiger partial charge is 0.251 e. The first-order chi connectivity index (χ1) is 11.6. The van der Waals surface area contributed by atoms with E-state index in [0.717, 1.165) is 19.3 Å². The fourth-order valence-corrected chi connectivity index (χ4v) is 3.07. The number of rotatable bonds is 4. The van der Waals surface area contributed by atoms with Crippen molar-refractivity contribution in [2.75, 3.05) is 13.1 Å². The summed E-state index contributed by atoms with van der Waals surface area (Å²) in [6.07, 6.45) is 4.25. The summed E-state index contributed by atoms with van der Waals surface area (Å²) in [6.45, 7) is 0.590. The number of halogens is 1. The van der Waals surface area contributed by atoms with E-state index in [-0.39, 0.29) is 24.4 Å². The van der Waals surface area contributed by atoms with Gasteiger partial charge in [-0.05, 0) is 37.5 Å². The van der Waals surface area contributed by atoms with Gasteiger partial charge in [-0.1, -0.05) is 17.7 Å². The average Bonchev–Trinajstić information content (AvgIpc) is 3.14. The molecule has 1 unspecified atom stereocenters. The molecule has 1 aliphatic rings. The summed E-state index contributed by atoms with van der Waals surface area (Å²) in [5.74, 6) is 0.231. The average molecular weight is 348 g/mol. The Labute approximate surface area is 144 Å². The highest BCUT2D eigenvalue weighted by Gasteiger charge is 2.29. The van der Waals surface area contributed by atoms with Crippen molar-refractivity contribution < 1.29 is 9.59 Å². The lowest BCUT2D eigenvalue weighted by Crippen LogP contribution is -2.44. The molecule has 1 aromatic carbocycles. The molecule has 3 rings (SSSR count). The first-order valence-electron chi connectivity index (χ1n) is 7.83. The molecule has 0 spiro atoms. The molecule has 24 heavy (non-hydrogen) atoms. The van der Waals surface area contributed by atoms with Crippen molar-refractivity contribution in [1.29, 1.82) is 0 Å². The number of aromatic nitrogens is 3. The molecule has 7 nitrogen and oxygen atoms in total. The summed E-state index contributed by atoms with van der Waals surface area (Å²) in [5.41, 5.74) is 0.431. The highest BCUT2D eigenvalue weighted by atomic mass is 35.5. The third-order valence-electron chi connectivity index (χ3n) is 4.06. The first-order valence-corrected chi connectivity index (χ1v) is 8.21. The van der Waals surface area contributed by atoms with Crippen LogP contribution in [0.5, 0.6) is 0 Å². The standard InChI is InChI=1S/C16H18ClN5O2/c17-12-5-3-4-11(8-12)16(24)18-9-14(23)22-7-2-1-6-13(22)15-19-10-20-21-15/h3-5,8,10,13H,1-2,6-7,9H2,(H,18,24)(H,19,20,21). The molecular formula is C16H18ClN5O2. The van der Waals surface area contributed by atoms with Gasteiger partial charge in [0.05, 0.1) is 12.6 Å². The Morgan fingerprint density at radius 3 is 3.00 bits per heavy atom. The second-order valence-corrected chi connectivity index (χ2v) is 6.10. The topological polar surface area (TPSA) is 91.0 Å². The lowest BCUT2D eigenvalue weighted by atomic mass is 10.0. The number of hydrogen-bond donors (Lipinski definition) is 2. The lowest BCUT2D eigenvalue weighted by Gasteiger charge is -2.34. The predicted molar refractivity (Wildman–Crippen MR) is 88.5 cm³/mol. The molecule has 126 valence electrons. The molecule has 1 saturated heterocycles. The largest absolute Gasteiger partial charge is 0.343 e. The maximum absolute atomic E-state index is 12.5. The van der Waals surface area contributed by atoms with Gasteiger partial charge < -0.3 is 10.2 Å². The molecule has 0 radical (unpaired) electrons. The van der Waals surface area contributed by atoms with Crippen LogP contribution < -0.4 is 5.32 Å². The molecule has 8 heteroatoms. The fourth-order valence-electron chi connectivity index (χ4n) is 2.88. The van der Waals surface area contributed by atoms with Crippen LogP contribution in [0.1, 0.15) is 41.5 Å². The van der Waals surface area contributed by atoms with Gasteiger partial charge in [-0.2, -0.15) is 5.10 Å². The van der Waals surface area contributed by atoms with Crippen molar-refractivity contribution in [1.82, 2.24) is 25.4 Å². The van der Waals surface area contributed by atoms with Crippen LogP contribution in [-0.2, 0) is 4.79 Å². The van der Waals surface area contributed by atoms with Crippen LogP contribution in [0.15, 0.2) is 30.6 Å². The molecular weight excluding hydrogens is 330 g/mol. The zero-order valence-corrected chi connectivity index (χ0v) is 13.8. The Bertz CT molecular complexity index is 719. The number of nitrogens with one attached hydrogen (secondary N) is 2. The molecule has 1 atom stereocenters. The van der Waals surface area contributed by atoms with Gasteiger partial charge in [-0.3, -0.25) is 14.7 Å². The van der Waals surface area contributed by atoms with Gasteiger partial charge in [-0.15, -0.1) is 0 Å². The number of likely N-dealkylation sites (tertiary alicyclic amines) is 1. The molecule has 1 aromatic heterocycles. The van der Waals surface area contributed by atoms with Gasteiger partial charge in [0.2, 0.25) is 5.91 Å². The van der Waals surface area contributed by atoms with Gasteiger partial charge in [0.25, 0.3) is 5.91 Å². The van der Waals surface area contributed by atoms with E-state index in [1.165, 1.54) is 6.33 Å². The third kappa shape index (κ3) is 3.73. The number of hydrogen-bond acceptors (Lipinski definition) is 4. The van der Waals surface area contributed by atoms with E-state index in [1.807, 2.05) is 0 Å². The number of aromatic amines is 1. The number of nitrogens with zero attached hydrogens (tertiary/aromatic N) is 3. The van der Waals surface area contributed by atoms with Crippen molar-refractivity contribution in [2.45, 2.75) is 25.3 Å². The highest BCUT2D eigenvalue weighted by Crippen LogP contribution is 2.28. The van der Waals surface area contributed by atoms with Crippen LogP contribution in [0.25, 0.3) is 0 Å². The summed E-state index contributed by atoms with van der Waals surface area (Å²) in [7, 11) is 0. The molecule has 0 bridgehead atoms. The summed E-state index contributed by atoms with van der Waals surface area (Å²) in [6, 6.07) is 6.50. The minimum atomic E-state index is -0.320. The van der Waals surface area contributed by atoms with Crippen LogP contribution in [-0.4, -0.2) is 45.0 Å². The van der Waals surface area contributed by atoms with Crippen molar-refractivity contribution >= 4 is 23.4 Å². The minimum absolute atomic E-state index is 0.0595. The maximum atomic E-state index is 12.5. The normalized spacial score (nSPS) is 17.5. The predicted octanol–water partition coefficient (Wildman–Crippen LogP) is 1.94. The summed E-state index contributed by atoms with van der Waals surface area (Å²) < 4.78 is 0. The second-order valence-electron chi connectivity index (χ2n) is 5.66. The van der Waals surface area contributed by atoms with Crippen LogP contribution in [0, 0.1) is 0 Å². The zero-order chi connectivity index (χ0) is 16.9. The van der Waals surface area contributed by atoms with E-state index in [0.29, 0.717) is 23.0 Å². The zero-order valence-electron chi connectivity index (χ0n) is 13.0. The van der Waals surface area contributed by atoms with Crippen LogP contribution in [0.2, 0.25) is 5.02 Å². The summed E-state index contributed by atoms with van der Waals surface area (Å²) in [5, 5.41) is 9.82. The highest BCUT2D eigenvalue weighted by molar-refractivity contribution is 6.30. The number of carbonyl (C=O) groups excluding carboxylic acids is 2.